The largest absolute Gasteiger partial charge is 0.497 e. The molecule has 0 radical (unpaired) electrons. The maximum absolute atomic E-state index is 13.7. The Labute approximate surface area is 231 Å². The molecule has 2 aromatic carbocycles. The van der Waals surface area contributed by atoms with Crippen molar-refractivity contribution in [1.82, 2.24) is 4.57 Å². The van der Waals surface area contributed by atoms with Crippen molar-refractivity contribution in [2.45, 2.75) is 19.9 Å². The molecule has 0 fully saturated rings. The first-order valence-electron chi connectivity index (χ1n) is 11.7. The summed E-state index contributed by atoms with van der Waals surface area (Å²) in [6, 6.07) is 15.3. The summed E-state index contributed by atoms with van der Waals surface area (Å²) in [5, 5.41) is 0.803. The summed E-state index contributed by atoms with van der Waals surface area (Å²) in [7, 11) is 1.58. The number of carbonyl (C=O) groups is 1. The van der Waals surface area contributed by atoms with E-state index in [0.717, 1.165) is 5.56 Å². The van der Waals surface area contributed by atoms with Gasteiger partial charge in [0, 0.05) is 11.6 Å². The lowest BCUT2D eigenvalue weighted by Gasteiger charge is -2.24. The molecule has 0 saturated heterocycles. The number of carbonyl (C=O) groups excluding carboxylic acids is 1. The molecule has 0 aliphatic carbocycles. The highest BCUT2D eigenvalue weighted by molar-refractivity contribution is 7.07. The van der Waals surface area contributed by atoms with Crippen LogP contribution in [0.1, 0.15) is 31.2 Å². The van der Waals surface area contributed by atoms with E-state index < -0.39 is 12.0 Å². The summed E-state index contributed by atoms with van der Waals surface area (Å²) in [6.07, 6.45) is 1.65. The summed E-state index contributed by atoms with van der Waals surface area (Å²) in [4.78, 5) is 31.8. The number of rotatable bonds is 6. The van der Waals surface area contributed by atoms with Gasteiger partial charge in [-0.25, -0.2) is 9.79 Å². The molecule has 2 aromatic heterocycles. The SMILES string of the molecule is CCOC(=O)C1=C(C)N=c2s/c(=C\c3ccc(-c4cccc(Cl)c4Cl)o3)c(=O)n2C1c1ccc(OC)cc1. The van der Waals surface area contributed by atoms with E-state index in [1.807, 2.05) is 12.1 Å². The Kier molecular flexibility index (Phi) is 7.29. The summed E-state index contributed by atoms with van der Waals surface area (Å²) >= 11 is 13.7. The molecule has 5 rings (SSSR count). The minimum atomic E-state index is -0.712. The quantitative estimate of drug-likeness (QED) is 0.292. The first kappa shape index (κ1) is 26.0. The van der Waals surface area contributed by atoms with Gasteiger partial charge in [-0.1, -0.05) is 52.7 Å². The van der Waals surface area contributed by atoms with Crippen LogP contribution in [0.2, 0.25) is 10.0 Å². The van der Waals surface area contributed by atoms with Crippen LogP contribution in [0.5, 0.6) is 5.75 Å². The summed E-state index contributed by atoms with van der Waals surface area (Å²) in [5.41, 5.74) is 1.88. The molecule has 10 heteroatoms. The average Bonchev–Trinajstić information content (AvgIpc) is 3.49. The number of esters is 1. The van der Waals surface area contributed by atoms with Crippen LogP contribution >= 0.6 is 34.5 Å². The van der Waals surface area contributed by atoms with E-state index in [4.69, 9.17) is 37.1 Å². The molecular weight excluding hydrogens is 547 g/mol. The molecule has 0 amide bonds. The monoisotopic (exact) mass is 568 g/mol. The Balaban J connectivity index is 1.64. The molecule has 38 heavy (non-hydrogen) atoms. The van der Waals surface area contributed by atoms with Gasteiger partial charge in [0.15, 0.2) is 4.80 Å². The van der Waals surface area contributed by atoms with Gasteiger partial charge < -0.3 is 13.9 Å². The number of aromatic nitrogens is 1. The third-order valence-electron chi connectivity index (χ3n) is 6.07. The number of thiazole rings is 1. The number of furan rings is 1. The third-order valence-corrected chi connectivity index (χ3v) is 7.87. The Hall–Kier alpha value is -3.59. The van der Waals surface area contributed by atoms with Crippen LogP contribution < -0.4 is 19.6 Å². The number of methoxy groups -OCH3 is 1. The Morgan fingerprint density at radius 3 is 2.63 bits per heavy atom. The molecule has 7 nitrogen and oxygen atoms in total. The zero-order valence-electron chi connectivity index (χ0n) is 20.7. The minimum Gasteiger partial charge on any atom is -0.497 e. The highest BCUT2D eigenvalue weighted by Crippen LogP contribution is 2.35. The van der Waals surface area contributed by atoms with Crippen molar-refractivity contribution in [1.29, 1.82) is 0 Å². The number of nitrogens with zero attached hydrogens (tertiary/aromatic N) is 2. The second-order valence-electron chi connectivity index (χ2n) is 8.38. The Morgan fingerprint density at radius 1 is 1.16 bits per heavy atom. The van der Waals surface area contributed by atoms with Gasteiger partial charge in [0.05, 0.1) is 45.6 Å². The number of allylic oxidation sites excluding steroid dienone is 1. The number of halogens is 2. The zero-order chi connectivity index (χ0) is 27.0. The van der Waals surface area contributed by atoms with Gasteiger partial charge in [0.1, 0.15) is 17.3 Å². The maximum atomic E-state index is 13.7. The number of hydrogen-bond acceptors (Lipinski definition) is 7. The summed E-state index contributed by atoms with van der Waals surface area (Å²) < 4.78 is 18.5. The number of fused-ring (bicyclic) bond motifs is 1. The molecule has 3 heterocycles. The zero-order valence-corrected chi connectivity index (χ0v) is 23.0. The fourth-order valence-electron chi connectivity index (χ4n) is 4.29. The maximum Gasteiger partial charge on any atom is 0.338 e. The van der Waals surface area contributed by atoms with Crippen molar-refractivity contribution in [3.63, 3.8) is 0 Å². The number of ether oxygens (including phenoxy) is 2. The standard InChI is InChI=1S/C28H22Cl2N2O5S/c1-4-36-27(34)23-15(2)31-28-32(25(23)16-8-10-17(35-3)11-9-16)26(33)22(38-28)14-18-12-13-21(37-18)19-6-5-7-20(29)24(19)30/h5-14,25H,4H2,1-3H3/b22-14-. The molecule has 0 spiro atoms. The second kappa shape index (κ2) is 10.6. The second-order valence-corrected chi connectivity index (χ2v) is 10.2. The van der Waals surface area contributed by atoms with E-state index in [0.29, 0.717) is 53.5 Å². The molecule has 1 atom stereocenters. The minimum absolute atomic E-state index is 0.201. The number of hydrogen-bond donors (Lipinski definition) is 0. The lowest BCUT2D eigenvalue weighted by Crippen LogP contribution is -2.39. The Bertz CT molecular complexity index is 1750. The fourth-order valence-corrected chi connectivity index (χ4v) is 5.71. The van der Waals surface area contributed by atoms with Crippen LogP contribution in [-0.4, -0.2) is 24.3 Å². The van der Waals surface area contributed by atoms with Crippen molar-refractivity contribution in [3.8, 4) is 17.1 Å². The smallest absolute Gasteiger partial charge is 0.338 e. The van der Waals surface area contributed by atoms with Gasteiger partial charge in [0.2, 0.25) is 0 Å². The molecular formula is C28H22Cl2N2O5S. The van der Waals surface area contributed by atoms with E-state index in [1.165, 1.54) is 15.9 Å². The van der Waals surface area contributed by atoms with E-state index in [1.54, 1.807) is 69.5 Å². The fraction of sp³-hybridized carbons (Fsp3) is 0.179. The lowest BCUT2D eigenvalue weighted by atomic mass is 9.96. The molecule has 1 aliphatic rings. The topological polar surface area (TPSA) is 83.0 Å². The van der Waals surface area contributed by atoms with Crippen LogP contribution in [0.25, 0.3) is 17.4 Å². The van der Waals surface area contributed by atoms with Crippen LogP contribution in [0, 0.1) is 0 Å². The van der Waals surface area contributed by atoms with E-state index >= 15 is 0 Å². The van der Waals surface area contributed by atoms with Crippen LogP contribution in [0.15, 0.2) is 80.1 Å². The van der Waals surface area contributed by atoms with Crippen molar-refractivity contribution >= 4 is 46.6 Å². The summed E-state index contributed by atoms with van der Waals surface area (Å²) in [6.45, 7) is 3.68. The van der Waals surface area contributed by atoms with Crippen molar-refractivity contribution in [3.05, 3.63) is 107 Å². The average molecular weight is 569 g/mol. The molecule has 0 saturated carbocycles. The lowest BCUT2D eigenvalue weighted by molar-refractivity contribution is -0.139. The highest BCUT2D eigenvalue weighted by Gasteiger charge is 2.33. The first-order valence-corrected chi connectivity index (χ1v) is 13.3. The van der Waals surface area contributed by atoms with E-state index in [9.17, 15) is 9.59 Å². The van der Waals surface area contributed by atoms with Gasteiger partial charge in [-0.3, -0.25) is 9.36 Å². The first-order chi connectivity index (χ1) is 18.3. The molecule has 0 bridgehead atoms. The Morgan fingerprint density at radius 2 is 1.92 bits per heavy atom. The third kappa shape index (κ3) is 4.71. The van der Waals surface area contributed by atoms with Gasteiger partial charge in [0.25, 0.3) is 5.56 Å². The van der Waals surface area contributed by atoms with Gasteiger partial charge >= 0.3 is 5.97 Å². The van der Waals surface area contributed by atoms with E-state index in [-0.39, 0.29) is 12.2 Å². The van der Waals surface area contributed by atoms with Gasteiger partial charge in [-0.05, 0) is 55.8 Å². The predicted molar refractivity (Wildman–Crippen MR) is 148 cm³/mol. The predicted octanol–water partition coefficient (Wildman–Crippen LogP) is 5.37. The van der Waals surface area contributed by atoms with Crippen molar-refractivity contribution in [2.24, 2.45) is 4.99 Å². The summed E-state index contributed by atoms with van der Waals surface area (Å²) in [5.74, 6) is 1.13. The number of benzene rings is 2. The van der Waals surface area contributed by atoms with Gasteiger partial charge in [-0.2, -0.15) is 0 Å². The normalized spacial score (nSPS) is 15.3. The van der Waals surface area contributed by atoms with E-state index in [2.05, 4.69) is 4.99 Å². The van der Waals surface area contributed by atoms with Crippen LogP contribution in [0.3, 0.4) is 0 Å². The van der Waals surface area contributed by atoms with Gasteiger partial charge in [-0.15, -0.1) is 0 Å². The van der Waals surface area contributed by atoms with Crippen molar-refractivity contribution < 1.29 is 18.7 Å². The van der Waals surface area contributed by atoms with Crippen molar-refractivity contribution in [2.75, 3.05) is 13.7 Å². The molecule has 4 aromatic rings. The molecule has 0 N–H and O–H groups in total. The highest BCUT2D eigenvalue weighted by atomic mass is 35.5. The van der Waals surface area contributed by atoms with Crippen LogP contribution in [0.4, 0.5) is 0 Å². The molecule has 1 unspecified atom stereocenters. The van der Waals surface area contributed by atoms with Crippen LogP contribution in [-0.2, 0) is 9.53 Å². The molecule has 194 valence electrons. The molecule has 1 aliphatic heterocycles.